The van der Waals surface area contributed by atoms with E-state index in [0.717, 1.165) is 0 Å². The van der Waals surface area contributed by atoms with E-state index in [1.807, 2.05) is 0 Å². The summed E-state index contributed by atoms with van der Waals surface area (Å²) in [6.07, 6.45) is -2.41. The van der Waals surface area contributed by atoms with Gasteiger partial charge in [-0.2, -0.15) is 0 Å². The number of carboxylic acids is 1. The molecule has 0 bridgehead atoms. The smallest absolute Gasteiger partial charge is 0.306 e. The molecule has 0 spiro atoms. The fourth-order valence-electron chi connectivity index (χ4n) is 1.17. The lowest BCUT2D eigenvalue weighted by atomic mass is 10.1. The third-order valence-corrected chi connectivity index (χ3v) is 1.80. The summed E-state index contributed by atoms with van der Waals surface area (Å²) in [5.41, 5.74) is 0. The van der Waals surface area contributed by atoms with Crippen LogP contribution in [0.5, 0.6) is 0 Å². The second-order valence-corrected chi connectivity index (χ2v) is 2.59. The van der Waals surface area contributed by atoms with Crippen molar-refractivity contribution in [1.29, 1.82) is 0 Å². The molecule has 4 heteroatoms. The highest BCUT2D eigenvalue weighted by atomic mass is 19.1. The standard InChI is InChI=1S/C6H9FO3/c7-4-1-3(6(9)10)2-5(4)8/h3-5,8H,1-2H2,(H,9,10)/t3?,4-,5-/m1/s1. The maximum Gasteiger partial charge on any atom is 0.306 e. The Kier molecular flexibility index (Phi) is 1.89. The summed E-state index contributed by atoms with van der Waals surface area (Å²) in [4.78, 5) is 10.2. The normalized spacial score (nSPS) is 40.0. The van der Waals surface area contributed by atoms with Gasteiger partial charge in [-0.3, -0.25) is 4.79 Å². The Morgan fingerprint density at radius 1 is 1.50 bits per heavy atom. The molecular weight excluding hydrogens is 139 g/mol. The Balaban J connectivity index is 2.49. The van der Waals surface area contributed by atoms with Gasteiger partial charge >= 0.3 is 5.97 Å². The van der Waals surface area contributed by atoms with Crippen molar-refractivity contribution in [3.05, 3.63) is 0 Å². The fraction of sp³-hybridized carbons (Fsp3) is 0.833. The van der Waals surface area contributed by atoms with Crippen LogP contribution in [-0.4, -0.2) is 28.5 Å². The van der Waals surface area contributed by atoms with Crippen LogP contribution in [-0.2, 0) is 4.79 Å². The summed E-state index contributed by atoms with van der Waals surface area (Å²) >= 11 is 0. The van der Waals surface area contributed by atoms with Crippen molar-refractivity contribution >= 4 is 5.97 Å². The van der Waals surface area contributed by atoms with Crippen LogP contribution in [0.15, 0.2) is 0 Å². The molecule has 0 saturated heterocycles. The minimum atomic E-state index is -1.35. The van der Waals surface area contributed by atoms with Crippen molar-refractivity contribution in [3.63, 3.8) is 0 Å². The first kappa shape index (κ1) is 7.47. The molecule has 2 N–H and O–H groups in total. The summed E-state index contributed by atoms with van der Waals surface area (Å²) in [6.45, 7) is 0. The Morgan fingerprint density at radius 3 is 2.30 bits per heavy atom. The van der Waals surface area contributed by atoms with Gasteiger partial charge in [-0.1, -0.05) is 0 Å². The predicted octanol–water partition coefficient (Wildman–Crippen LogP) is 0.180. The van der Waals surface area contributed by atoms with Gasteiger partial charge in [-0.15, -0.1) is 0 Å². The first-order valence-corrected chi connectivity index (χ1v) is 3.16. The molecule has 0 radical (unpaired) electrons. The van der Waals surface area contributed by atoms with E-state index in [2.05, 4.69) is 0 Å². The molecule has 3 atom stereocenters. The number of alkyl halides is 1. The van der Waals surface area contributed by atoms with Crippen molar-refractivity contribution < 1.29 is 19.4 Å². The molecular formula is C6H9FO3. The Hall–Kier alpha value is -0.640. The molecule has 58 valence electrons. The van der Waals surface area contributed by atoms with Gasteiger partial charge in [0.25, 0.3) is 0 Å². The number of hydrogen-bond acceptors (Lipinski definition) is 2. The number of aliphatic hydroxyl groups excluding tert-OH is 1. The van der Waals surface area contributed by atoms with E-state index in [1.54, 1.807) is 0 Å². The molecule has 1 aliphatic carbocycles. The molecule has 1 aliphatic rings. The van der Waals surface area contributed by atoms with Gasteiger partial charge < -0.3 is 10.2 Å². The van der Waals surface area contributed by atoms with E-state index in [0.29, 0.717) is 0 Å². The molecule has 0 aromatic heterocycles. The molecule has 1 rings (SSSR count). The summed E-state index contributed by atoms with van der Waals surface area (Å²) in [5.74, 6) is -1.70. The molecule has 3 nitrogen and oxygen atoms in total. The number of hydrogen-bond donors (Lipinski definition) is 2. The lowest BCUT2D eigenvalue weighted by Crippen LogP contribution is -2.12. The van der Waals surface area contributed by atoms with Crippen molar-refractivity contribution in [1.82, 2.24) is 0 Å². The molecule has 10 heavy (non-hydrogen) atoms. The Bertz CT molecular complexity index is 138. The van der Waals surface area contributed by atoms with E-state index in [9.17, 15) is 9.18 Å². The number of rotatable bonds is 1. The van der Waals surface area contributed by atoms with E-state index < -0.39 is 24.2 Å². The minimum Gasteiger partial charge on any atom is -0.481 e. The van der Waals surface area contributed by atoms with Crippen LogP contribution in [0.1, 0.15) is 12.8 Å². The van der Waals surface area contributed by atoms with Gasteiger partial charge in [0.15, 0.2) is 0 Å². The van der Waals surface area contributed by atoms with Gasteiger partial charge in [0.2, 0.25) is 0 Å². The Labute approximate surface area is 57.5 Å². The highest BCUT2D eigenvalue weighted by Crippen LogP contribution is 2.28. The summed E-state index contributed by atoms with van der Waals surface area (Å²) in [6, 6.07) is 0. The van der Waals surface area contributed by atoms with Crippen molar-refractivity contribution in [2.45, 2.75) is 25.1 Å². The van der Waals surface area contributed by atoms with Gasteiger partial charge in [-0.25, -0.2) is 4.39 Å². The maximum absolute atomic E-state index is 12.4. The van der Waals surface area contributed by atoms with Gasteiger partial charge in [0.1, 0.15) is 6.17 Å². The molecule has 1 fully saturated rings. The quantitative estimate of drug-likeness (QED) is 0.557. The van der Waals surface area contributed by atoms with E-state index in [1.165, 1.54) is 0 Å². The Morgan fingerprint density at radius 2 is 2.10 bits per heavy atom. The van der Waals surface area contributed by atoms with E-state index in [-0.39, 0.29) is 12.8 Å². The first-order chi connectivity index (χ1) is 4.61. The van der Waals surface area contributed by atoms with Crippen LogP contribution in [0.2, 0.25) is 0 Å². The second-order valence-electron chi connectivity index (χ2n) is 2.59. The van der Waals surface area contributed by atoms with Crippen LogP contribution in [0.4, 0.5) is 4.39 Å². The molecule has 0 aliphatic heterocycles. The highest BCUT2D eigenvalue weighted by molar-refractivity contribution is 5.70. The maximum atomic E-state index is 12.4. The van der Waals surface area contributed by atoms with Crippen LogP contribution in [0.3, 0.4) is 0 Å². The number of carbonyl (C=O) groups is 1. The van der Waals surface area contributed by atoms with Crippen LogP contribution < -0.4 is 0 Å². The zero-order valence-corrected chi connectivity index (χ0v) is 5.33. The molecule has 1 saturated carbocycles. The zero-order valence-electron chi connectivity index (χ0n) is 5.33. The van der Waals surface area contributed by atoms with E-state index in [4.69, 9.17) is 10.2 Å². The molecule has 0 aromatic carbocycles. The largest absolute Gasteiger partial charge is 0.481 e. The van der Waals surface area contributed by atoms with Gasteiger partial charge in [0.05, 0.1) is 12.0 Å². The number of aliphatic carboxylic acids is 1. The number of aliphatic hydroxyl groups is 1. The topological polar surface area (TPSA) is 57.5 Å². The van der Waals surface area contributed by atoms with E-state index >= 15 is 0 Å². The van der Waals surface area contributed by atoms with Gasteiger partial charge in [0, 0.05) is 0 Å². The average molecular weight is 148 g/mol. The zero-order chi connectivity index (χ0) is 7.72. The fourth-order valence-corrected chi connectivity index (χ4v) is 1.17. The third kappa shape index (κ3) is 1.26. The van der Waals surface area contributed by atoms with Crippen LogP contribution >= 0.6 is 0 Å². The number of carboxylic acid groups (broad SMARTS) is 1. The molecule has 0 aromatic rings. The molecule has 1 unspecified atom stereocenters. The van der Waals surface area contributed by atoms with Crippen LogP contribution in [0.25, 0.3) is 0 Å². The summed E-state index contributed by atoms with van der Waals surface area (Å²) in [7, 11) is 0. The monoisotopic (exact) mass is 148 g/mol. The minimum absolute atomic E-state index is 0.0451. The SMILES string of the molecule is O=C(O)C1C[C@@H](O)[C@H](F)C1. The van der Waals surface area contributed by atoms with Crippen LogP contribution in [0, 0.1) is 5.92 Å². The third-order valence-electron chi connectivity index (χ3n) is 1.80. The second kappa shape index (κ2) is 2.54. The van der Waals surface area contributed by atoms with Crippen molar-refractivity contribution in [2.75, 3.05) is 0 Å². The lowest BCUT2D eigenvalue weighted by molar-refractivity contribution is -0.141. The van der Waals surface area contributed by atoms with Crippen molar-refractivity contribution in [3.8, 4) is 0 Å². The van der Waals surface area contributed by atoms with Crippen molar-refractivity contribution in [2.24, 2.45) is 5.92 Å². The highest BCUT2D eigenvalue weighted by Gasteiger charge is 2.36. The van der Waals surface area contributed by atoms with Gasteiger partial charge in [-0.05, 0) is 12.8 Å². The summed E-state index contributed by atoms with van der Waals surface area (Å²) < 4.78 is 12.4. The summed E-state index contributed by atoms with van der Waals surface area (Å²) in [5, 5.41) is 17.1. The predicted molar refractivity (Wildman–Crippen MR) is 31.3 cm³/mol. The first-order valence-electron chi connectivity index (χ1n) is 3.16. The number of halogens is 1. The lowest BCUT2D eigenvalue weighted by Gasteiger charge is -2.00. The average Bonchev–Trinajstić information content (AvgIpc) is 2.13. The molecule has 0 amide bonds. The molecule has 0 heterocycles.